The van der Waals surface area contributed by atoms with Crippen molar-refractivity contribution in [2.24, 2.45) is 0 Å². The molecule has 0 unspecified atom stereocenters. The maximum Gasteiger partial charge on any atom is 0.282 e. The second-order valence-electron chi connectivity index (χ2n) is 6.91. The molecular weight excluding hydrogens is 406 g/mol. The number of carbonyl (C=O) groups excluding carboxylic acids is 2. The van der Waals surface area contributed by atoms with E-state index in [-0.39, 0.29) is 12.2 Å². The number of hydrogen-bond donors (Lipinski definition) is 1. The number of methoxy groups -OCH3 is 1. The summed E-state index contributed by atoms with van der Waals surface area (Å²) in [6.07, 6.45) is 1.48. The van der Waals surface area contributed by atoms with E-state index in [2.05, 4.69) is 11.5 Å². The van der Waals surface area contributed by atoms with Gasteiger partial charge in [0.25, 0.3) is 11.8 Å². The number of hydrogen-bond acceptors (Lipinski definition) is 5. The summed E-state index contributed by atoms with van der Waals surface area (Å²) in [5.74, 6) is -0.166. The Hall–Kier alpha value is -4.57. The number of ether oxygens (including phenoxy) is 2. The number of anilines is 1. The molecular formula is C25H19N3O4. The fraction of sp³-hybridized carbons (Fsp3) is 0.0800. The zero-order valence-electron chi connectivity index (χ0n) is 17.2. The van der Waals surface area contributed by atoms with Gasteiger partial charge in [0.1, 0.15) is 12.2 Å². The molecule has 0 radical (unpaired) electrons. The van der Waals surface area contributed by atoms with Crippen LogP contribution in [0.5, 0.6) is 11.5 Å². The van der Waals surface area contributed by atoms with Crippen molar-refractivity contribution in [2.45, 2.75) is 6.61 Å². The van der Waals surface area contributed by atoms with E-state index in [1.807, 2.05) is 12.1 Å². The lowest BCUT2D eigenvalue weighted by Gasteiger charge is -2.15. The maximum atomic E-state index is 12.9. The predicted molar refractivity (Wildman–Crippen MR) is 119 cm³/mol. The third-order valence-electron chi connectivity index (χ3n) is 4.94. The Balaban J connectivity index is 1.67. The molecule has 1 aliphatic heterocycles. The first kappa shape index (κ1) is 20.7. The van der Waals surface area contributed by atoms with Crippen molar-refractivity contribution in [3.05, 3.63) is 95.1 Å². The normalized spacial score (nSPS) is 14.2. The lowest BCUT2D eigenvalue weighted by Crippen LogP contribution is -2.35. The number of hydrazine groups is 1. The fourth-order valence-corrected chi connectivity index (χ4v) is 3.34. The van der Waals surface area contributed by atoms with Crippen molar-refractivity contribution in [3.8, 4) is 17.6 Å². The molecule has 4 rings (SSSR count). The molecule has 3 aromatic rings. The molecule has 32 heavy (non-hydrogen) atoms. The molecule has 0 spiro atoms. The van der Waals surface area contributed by atoms with Crippen molar-refractivity contribution in [1.82, 2.24) is 5.43 Å². The minimum Gasteiger partial charge on any atom is -0.493 e. The number of rotatable bonds is 6. The van der Waals surface area contributed by atoms with Crippen molar-refractivity contribution in [2.75, 3.05) is 12.1 Å². The van der Waals surface area contributed by atoms with Crippen molar-refractivity contribution >= 4 is 23.6 Å². The van der Waals surface area contributed by atoms with E-state index in [9.17, 15) is 14.9 Å². The number of nitriles is 1. The van der Waals surface area contributed by atoms with Crippen LogP contribution in [-0.2, 0) is 16.2 Å². The van der Waals surface area contributed by atoms with Gasteiger partial charge in [-0.25, -0.2) is 5.01 Å². The largest absolute Gasteiger partial charge is 0.493 e. The number of carbonyl (C=O) groups is 2. The van der Waals surface area contributed by atoms with Crippen LogP contribution in [0.25, 0.3) is 6.08 Å². The predicted octanol–water partition coefficient (Wildman–Crippen LogP) is 3.61. The van der Waals surface area contributed by atoms with Gasteiger partial charge in [0.15, 0.2) is 11.5 Å². The van der Waals surface area contributed by atoms with E-state index >= 15 is 0 Å². The van der Waals surface area contributed by atoms with Crippen LogP contribution in [0.4, 0.5) is 5.69 Å². The van der Waals surface area contributed by atoms with Gasteiger partial charge in [0, 0.05) is 11.1 Å². The highest BCUT2D eigenvalue weighted by atomic mass is 16.5. The molecule has 1 aliphatic rings. The summed E-state index contributed by atoms with van der Waals surface area (Å²) in [7, 11) is 1.51. The van der Waals surface area contributed by atoms with Crippen LogP contribution < -0.4 is 19.9 Å². The Kier molecular flexibility index (Phi) is 5.86. The Morgan fingerprint density at radius 1 is 1.00 bits per heavy atom. The van der Waals surface area contributed by atoms with Crippen LogP contribution >= 0.6 is 0 Å². The van der Waals surface area contributed by atoms with Gasteiger partial charge in [0.05, 0.1) is 24.4 Å². The SMILES string of the molecule is COc1cccc(C=C2C(=O)NN(c3ccccc3)C2=O)c1OCc1ccccc1C#N. The van der Waals surface area contributed by atoms with Gasteiger partial charge in [0.2, 0.25) is 0 Å². The van der Waals surface area contributed by atoms with Crippen LogP contribution in [-0.4, -0.2) is 18.9 Å². The quantitative estimate of drug-likeness (QED) is 0.481. The first-order valence-corrected chi connectivity index (χ1v) is 9.82. The lowest BCUT2D eigenvalue weighted by molar-refractivity contribution is -0.117. The Morgan fingerprint density at radius 3 is 2.50 bits per heavy atom. The summed E-state index contributed by atoms with van der Waals surface area (Å²) < 4.78 is 11.4. The summed E-state index contributed by atoms with van der Waals surface area (Å²) in [4.78, 5) is 25.5. The molecule has 0 aliphatic carbocycles. The van der Waals surface area contributed by atoms with E-state index in [0.29, 0.717) is 33.9 Å². The molecule has 3 aromatic carbocycles. The summed E-state index contributed by atoms with van der Waals surface area (Å²) in [6.45, 7) is 0.122. The van der Waals surface area contributed by atoms with Crippen LogP contribution in [0.2, 0.25) is 0 Å². The number of nitrogens with zero attached hydrogens (tertiary/aromatic N) is 2. The Labute approximate surface area is 185 Å². The number of amides is 2. The molecule has 158 valence electrons. The highest BCUT2D eigenvalue weighted by molar-refractivity contribution is 6.31. The van der Waals surface area contributed by atoms with Crippen LogP contribution in [0, 0.1) is 11.3 Å². The molecule has 1 saturated heterocycles. The minimum atomic E-state index is -0.512. The van der Waals surface area contributed by atoms with Crippen molar-refractivity contribution in [3.63, 3.8) is 0 Å². The molecule has 2 amide bonds. The fourth-order valence-electron chi connectivity index (χ4n) is 3.34. The monoisotopic (exact) mass is 425 g/mol. The van der Waals surface area contributed by atoms with E-state index < -0.39 is 11.8 Å². The second kappa shape index (κ2) is 9.06. The zero-order chi connectivity index (χ0) is 22.5. The van der Waals surface area contributed by atoms with E-state index in [0.717, 1.165) is 0 Å². The molecule has 0 aromatic heterocycles. The average molecular weight is 425 g/mol. The summed E-state index contributed by atoms with van der Waals surface area (Å²) in [5, 5.41) is 10.5. The number of para-hydroxylation sites is 2. The molecule has 7 heteroatoms. The molecule has 1 heterocycles. The highest BCUT2D eigenvalue weighted by Gasteiger charge is 2.34. The summed E-state index contributed by atoms with van der Waals surface area (Å²) in [5.41, 5.74) is 4.84. The highest BCUT2D eigenvalue weighted by Crippen LogP contribution is 2.34. The summed E-state index contributed by atoms with van der Waals surface area (Å²) in [6, 6.07) is 23.3. The molecule has 1 fully saturated rings. The van der Waals surface area contributed by atoms with Gasteiger partial charge in [-0.1, -0.05) is 48.5 Å². The Bertz CT molecular complexity index is 1250. The first-order valence-electron chi connectivity index (χ1n) is 9.82. The second-order valence-corrected chi connectivity index (χ2v) is 6.91. The minimum absolute atomic E-state index is 0.0237. The van der Waals surface area contributed by atoms with Crippen LogP contribution in [0.1, 0.15) is 16.7 Å². The van der Waals surface area contributed by atoms with Gasteiger partial charge in [-0.3, -0.25) is 15.0 Å². The zero-order valence-corrected chi connectivity index (χ0v) is 17.2. The topological polar surface area (TPSA) is 91.7 Å². The third-order valence-corrected chi connectivity index (χ3v) is 4.94. The maximum absolute atomic E-state index is 12.9. The van der Waals surface area contributed by atoms with Gasteiger partial charge in [-0.15, -0.1) is 0 Å². The number of benzene rings is 3. The molecule has 0 atom stereocenters. The molecule has 0 saturated carbocycles. The molecule has 7 nitrogen and oxygen atoms in total. The number of nitrogens with one attached hydrogen (secondary N) is 1. The van der Waals surface area contributed by atoms with Gasteiger partial charge >= 0.3 is 0 Å². The van der Waals surface area contributed by atoms with Crippen molar-refractivity contribution < 1.29 is 19.1 Å². The van der Waals surface area contributed by atoms with Gasteiger partial charge in [-0.2, -0.15) is 5.26 Å². The molecule has 1 N–H and O–H groups in total. The van der Waals surface area contributed by atoms with Gasteiger partial charge in [-0.05, 0) is 30.3 Å². The third kappa shape index (κ3) is 4.02. The van der Waals surface area contributed by atoms with E-state index in [1.54, 1.807) is 60.7 Å². The average Bonchev–Trinajstić information content (AvgIpc) is 3.12. The van der Waals surface area contributed by atoms with Gasteiger partial charge < -0.3 is 9.47 Å². The Morgan fingerprint density at radius 2 is 1.75 bits per heavy atom. The smallest absolute Gasteiger partial charge is 0.282 e. The van der Waals surface area contributed by atoms with Crippen molar-refractivity contribution in [1.29, 1.82) is 5.26 Å². The lowest BCUT2D eigenvalue weighted by atomic mass is 10.1. The van der Waals surface area contributed by atoms with E-state index in [4.69, 9.17) is 9.47 Å². The first-order chi connectivity index (χ1) is 15.6. The standard InChI is InChI=1S/C25H19N3O4/c1-31-22-13-7-10-17(23(22)32-16-19-9-6-5-8-18(19)15-26)14-21-24(29)27-28(25(21)30)20-11-3-2-4-12-20/h2-14H,16H2,1H3,(H,27,29). The summed E-state index contributed by atoms with van der Waals surface area (Å²) >= 11 is 0. The van der Waals surface area contributed by atoms with Crippen LogP contribution in [0.3, 0.4) is 0 Å². The van der Waals surface area contributed by atoms with E-state index in [1.165, 1.54) is 18.2 Å². The molecule has 0 bridgehead atoms. The van der Waals surface area contributed by atoms with Crippen LogP contribution in [0.15, 0.2) is 78.4 Å².